The number of hydrogen-bond acceptors (Lipinski definition) is 6. The van der Waals surface area contributed by atoms with Gasteiger partial charge in [0.2, 0.25) is 0 Å². The van der Waals surface area contributed by atoms with Crippen LogP contribution in [0.15, 0.2) is 48.5 Å². The lowest BCUT2D eigenvalue weighted by Gasteiger charge is -2.09. The first-order valence-corrected chi connectivity index (χ1v) is 10.2. The first-order chi connectivity index (χ1) is 13.7. The molecule has 0 saturated carbocycles. The molecule has 0 heterocycles. The summed E-state index contributed by atoms with van der Waals surface area (Å²) in [6, 6.07) is 15.7. The zero-order chi connectivity index (χ0) is 20.5. The number of nitrogen functional groups attached to an aromatic ring is 2. The summed E-state index contributed by atoms with van der Waals surface area (Å²) in [6.07, 6.45) is 3.42. The number of hydrogen-bond donors (Lipinski definition) is 6. The fraction of sp³-hybridized carbons (Fsp3) is 0.455. The molecule has 0 aliphatic heterocycles. The van der Waals surface area contributed by atoms with Crippen LogP contribution >= 0.6 is 0 Å². The van der Waals surface area contributed by atoms with Gasteiger partial charge in [-0.3, -0.25) is 0 Å². The number of rotatable bonds is 12. The van der Waals surface area contributed by atoms with Gasteiger partial charge in [-0.25, -0.2) is 0 Å². The van der Waals surface area contributed by atoms with E-state index in [-0.39, 0.29) is 0 Å². The van der Waals surface area contributed by atoms with Crippen LogP contribution in [0.5, 0.6) is 0 Å². The number of benzene rings is 2. The third-order valence-corrected chi connectivity index (χ3v) is 4.04. The van der Waals surface area contributed by atoms with Crippen molar-refractivity contribution >= 4 is 22.7 Å². The Labute approximate surface area is 170 Å². The van der Waals surface area contributed by atoms with E-state index in [1.807, 2.05) is 55.6 Å². The van der Waals surface area contributed by atoms with Crippen LogP contribution in [0.3, 0.4) is 0 Å². The van der Waals surface area contributed by atoms with Gasteiger partial charge in [-0.15, -0.1) is 0 Å². The molecule has 0 atom stereocenters. The first kappa shape index (κ1) is 23.6. The van der Waals surface area contributed by atoms with Crippen LogP contribution in [0.25, 0.3) is 0 Å². The average Bonchev–Trinajstić information content (AvgIpc) is 2.70. The maximum absolute atomic E-state index is 5.66. The van der Waals surface area contributed by atoms with Gasteiger partial charge in [0.25, 0.3) is 0 Å². The van der Waals surface area contributed by atoms with E-state index in [0.29, 0.717) is 0 Å². The molecule has 6 heteroatoms. The van der Waals surface area contributed by atoms with Crippen LogP contribution in [0, 0.1) is 0 Å². The number of nitrogens with two attached hydrogens (primary N) is 2. The molecule has 0 bridgehead atoms. The second kappa shape index (κ2) is 15.6. The van der Waals surface area contributed by atoms with E-state index in [9.17, 15) is 0 Å². The normalized spacial score (nSPS) is 10.1. The Bertz CT molecular complexity index is 544. The van der Waals surface area contributed by atoms with E-state index in [0.717, 1.165) is 68.3 Å². The van der Waals surface area contributed by atoms with Crippen LogP contribution in [0.2, 0.25) is 0 Å². The highest BCUT2D eigenvalue weighted by Gasteiger charge is 1.94. The molecule has 0 aliphatic rings. The van der Waals surface area contributed by atoms with Gasteiger partial charge in [-0.05, 0) is 94.5 Å². The molecule has 0 aromatic heterocycles. The molecule has 6 nitrogen and oxygen atoms in total. The van der Waals surface area contributed by atoms with Gasteiger partial charge in [-0.2, -0.15) is 0 Å². The fourth-order valence-corrected chi connectivity index (χ4v) is 2.47. The summed E-state index contributed by atoms with van der Waals surface area (Å²) in [6.45, 7) is 7.24. The number of nitrogens with one attached hydrogen (secondary N) is 4. The van der Waals surface area contributed by atoms with Crippen LogP contribution in [0.4, 0.5) is 22.7 Å². The summed E-state index contributed by atoms with van der Waals surface area (Å²) in [7, 11) is 1.96. The molecule has 156 valence electrons. The topological polar surface area (TPSA) is 100 Å². The molecule has 2 aromatic rings. The Morgan fingerprint density at radius 2 is 1.07 bits per heavy atom. The lowest BCUT2D eigenvalue weighted by Crippen LogP contribution is -2.21. The van der Waals surface area contributed by atoms with Gasteiger partial charge in [0.15, 0.2) is 0 Å². The van der Waals surface area contributed by atoms with Crippen molar-refractivity contribution < 1.29 is 0 Å². The van der Waals surface area contributed by atoms with E-state index >= 15 is 0 Å². The summed E-state index contributed by atoms with van der Waals surface area (Å²) in [4.78, 5) is 0. The zero-order valence-electron chi connectivity index (χ0n) is 17.4. The zero-order valence-corrected chi connectivity index (χ0v) is 17.4. The first-order valence-electron chi connectivity index (χ1n) is 10.2. The van der Waals surface area contributed by atoms with Crippen LogP contribution in [-0.2, 0) is 0 Å². The van der Waals surface area contributed by atoms with Crippen molar-refractivity contribution in [2.45, 2.75) is 26.2 Å². The van der Waals surface area contributed by atoms with Gasteiger partial charge in [0.05, 0.1) is 0 Å². The van der Waals surface area contributed by atoms with Gasteiger partial charge in [0, 0.05) is 35.8 Å². The molecule has 2 aromatic carbocycles. The monoisotopic (exact) mass is 386 g/mol. The molecule has 0 fully saturated rings. The quantitative estimate of drug-likeness (QED) is 0.247. The van der Waals surface area contributed by atoms with E-state index in [1.54, 1.807) is 0 Å². The van der Waals surface area contributed by atoms with Crippen molar-refractivity contribution in [2.75, 3.05) is 61.9 Å². The fourth-order valence-electron chi connectivity index (χ4n) is 2.47. The van der Waals surface area contributed by atoms with Crippen molar-refractivity contribution in [3.8, 4) is 0 Å². The molecule has 0 amide bonds. The van der Waals surface area contributed by atoms with Crippen molar-refractivity contribution in [2.24, 2.45) is 0 Å². The molecule has 0 radical (unpaired) electrons. The Hall–Kier alpha value is -2.44. The van der Waals surface area contributed by atoms with E-state index < -0.39 is 0 Å². The summed E-state index contributed by atoms with van der Waals surface area (Å²) in [5, 5.41) is 13.2. The Kier molecular flexibility index (Phi) is 13.1. The minimum Gasteiger partial charge on any atom is -0.399 e. The SMILES string of the molecule is CCCNC.Nc1ccc(NCCCNCCCNc2ccc(N)cc2)cc1. The van der Waals surface area contributed by atoms with Crippen LogP contribution < -0.4 is 32.7 Å². The molecule has 8 N–H and O–H groups in total. The Morgan fingerprint density at radius 1 is 0.643 bits per heavy atom. The largest absolute Gasteiger partial charge is 0.399 e. The second-order valence-electron chi connectivity index (χ2n) is 6.66. The summed E-state index contributed by atoms with van der Waals surface area (Å²) >= 11 is 0. The predicted molar refractivity (Wildman–Crippen MR) is 125 cm³/mol. The van der Waals surface area contributed by atoms with Crippen molar-refractivity contribution in [3.63, 3.8) is 0 Å². The van der Waals surface area contributed by atoms with Gasteiger partial charge < -0.3 is 32.7 Å². The van der Waals surface area contributed by atoms with Gasteiger partial charge in [0.1, 0.15) is 0 Å². The third kappa shape index (κ3) is 12.0. The van der Waals surface area contributed by atoms with Crippen molar-refractivity contribution in [1.29, 1.82) is 0 Å². The molecular formula is C22H38N6. The highest BCUT2D eigenvalue weighted by atomic mass is 14.9. The van der Waals surface area contributed by atoms with Crippen LogP contribution in [-0.4, -0.2) is 39.8 Å². The minimum absolute atomic E-state index is 0.796. The Balaban J connectivity index is 0.000000696. The molecule has 0 spiro atoms. The highest BCUT2D eigenvalue weighted by Crippen LogP contribution is 2.10. The third-order valence-electron chi connectivity index (χ3n) is 4.04. The summed E-state index contributed by atoms with van der Waals surface area (Å²) in [5.74, 6) is 0. The lowest BCUT2D eigenvalue weighted by molar-refractivity contribution is 0.643. The van der Waals surface area contributed by atoms with Gasteiger partial charge in [-0.1, -0.05) is 6.92 Å². The van der Waals surface area contributed by atoms with E-state index in [1.165, 1.54) is 6.42 Å². The average molecular weight is 387 g/mol. The van der Waals surface area contributed by atoms with E-state index in [4.69, 9.17) is 11.5 Å². The highest BCUT2D eigenvalue weighted by molar-refractivity contribution is 5.51. The maximum atomic E-state index is 5.66. The van der Waals surface area contributed by atoms with Crippen molar-refractivity contribution in [1.82, 2.24) is 10.6 Å². The standard InChI is InChI=1S/C18H27N5.C4H11N/c19-15-3-7-17(8-4-15)22-13-1-11-21-12-2-14-23-18-9-5-16(20)6-10-18;1-3-4-5-2/h3-10,21-23H,1-2,11-14,19-20H2;5H,3-4H2,1-2H3. The molecule has 0 saturated heterocycles. The minimum atomic E-state index is 0.796. The smallest absolute Gasteiger partial charge is 0.0341 e. The predicted octanol–water partition coefficient (Wildman–Crippen LogP) is 3.36. The lowest BCUT2D eigenvalue weighted by atomic mass is 10.2. The second-order valence-corrected chi connectivity index (χ2v) is 6.66. The van der Waals surface area contributed by atoms with Crippen molar-refractivity contribution in [3.05, 3.63) is 48.5 Å². The summed E-state index contributed by atoms with van der Waals surface area (Å²) in [5.41, 5.74) is 15.1. The summed E-state index contributed by atoms with van der Waals surface area (Å²) < 4.78 is 0. The van der Waals surface area contributed by atoms with Gasteiger partial charge >= 0.3 is 0 Å². The molecule has 2 rings (SSSR count). The number of anilines is 4. The Morgan fingerprint density at radius 3 is 1.39 bits per heavy atom. The molecule has 0 aliphatic carbocycles. The van der Waals surface area contributed by atoms with Crippen LogP contribution in [0.1, 0.15) is 26.2 Å². The molecular weight excluding hydrogens is 348 g/mol. The molecule has 28 heavy (non-hydrogen) atoms. The maximum Gasteiger partial charge on any atom is 0.0341 e. The molecule has 0 unspecified atom stereocenters. The van der Waals surface area contributed by atoms with E-state index in [2.05, 4.69) is 28.2 Å².